The monoisotopic (exact) mass is 257 g/mol. The van der Waals surface area contributed by atoms with E-state index in [9.17, 15) is 8.42 Å². The number of aryl methyl sites for hydroxylation is 1. The van der Waals surface area contributed by atoms with Gasteiger partial charge in [-0.15, -0.1) is 0 Å². The molecule has 96 valence electrons. The van der Waals surface area contributed by atoms with E-state index in [0.29, 0.717) is 0 Å². The van der Waals surface area contributed by atoms with Gasteiger partial charge in [0.15, 0.2) is 9.84 Å². The topological polar surface area (TPSA) is 69.4 Å². The van der Waals surface area contributed by atoms with Crippen LogP contribution in [0.2, 0.25) is 0 Å². The molecule has 0 saturated carbocycles. The van der Waals surface area contributed by atoms with Crippen LogP contribution in [0.15, 0.2) is 18.2 Å². The molecule has 17 heavy (non-hydrogen) atoms. The van der Waals surface area contributed by atoms with Crippen molar-refractivity contribution >= 4 is 9.84 Å². The van der Waals surface area contributed by atoms with Gasteiger partial charge in [-0.2, -0.15) is 0 Å². The van der Waals surface area contributed by atoms with E-state index >= 15 is 0 Å². The Morgan fingerprint density at radius 3 is 2.35 bits per heavy atom. The van der Waals surface area contributed by atoms with E-state index in [2.05, 4.69) is 0 Å². The van der Waals surface area contributed by atoms with E-state index in [-0.39, 0.29) is 0 Å². The summed E-state index contributed by atoms with van der Waals surface area (Å²) in [5.74, 6) is 0.771. The lowest BCUT2D eigenvalue weighted by molar-refractivity contribution is 0.411. The predicted molar refractivity (Wildman–Crippen MR) is 69.0 cm³/mol. The number of rotatable bonds is 4. The van der Waals surface area contributed by atoms with Crippen molar-refractivity contribution in [3.05, 3.63) is 29.3 Å². The Morgan fingerprint density at radius 1 is 1.35 bits per heavy atom. The van der Waals surface area contributed by atoms with Gasteiger partial charge in [0, 0.05) is 12.3 Å². The van der Waals surface area contributed by atoms with Gasteiger partial charge in [-0.25, -0.2) is 8.42 Å². The van der Waals surface area contributed by atoms with Crippen molar-refractivity contribution in [2.24, 2.45) is 5.73 Å². The zero-order valence-corrected chi connectivity index (χ0v) is 11.4. The third-order valence-electron chi connectivity index (χ3n) is 2.98. The molecule has 1 rings (SSSR count). The van der Waals surface area contributed by atoms with Crippen molar-refractivity contribution < 1.29 is 13.2 Å². The normalized spacial score (nSPS) is 15.4. The Morgan fingerprint density at radius 2 is 1.94 bits per heavy atom. The first-order valence-corrected chi connectivity index (χ1v) is 7.31. The fourth-order valence-electron chi connectivity index (χ4n) is 1.65. The molecule has 2 N–H and O–H groups in total. The lowest BCUT2D eigenvalue weighted by atomic mass is 10.0. The molecular weight excluding hydrogens is 238 g/mol. The fraction of sp³-hybridized carbons (Fsp3) is 0.500. The summed E-state index contributed by atoms with van der Waals surface area (Å²) in [6.07, 6.45) is 1.20. The van der Waals surface area contributed by atoms with E-state index in [1.807, 2.05) is 13.0 Å². The highest BCUT2D eigenvalue weighted by molar-refractivity contribution is 7.91. The molecule has 0 saturated heterocycles. The highest BCUT2D eigenvalue weighted by Gasteiger charge is 2.24. The quantitative estimate of drug-likeness (QED) is 0.886. The molecule has 4 nitrogen and oxygen atoms in total. The number of benzene rings is 1. The first-order valence-electron chi connectivity index (χ1n) is 5.36. The van der Waals surface area contributed by atoms with Gasteiger partial charge in [0.25, 0.3) is 0 Å². The third-order valence-corrected chi connectivity index (χ3v) is 4.63. The molecule has 0 aliphatic rings. The van der Waals surface area contributed by atoms with Crippen LogP contribution in [0.4, 0.5) is 0 Å². The highest BCUT2D eigenvalue weighted by atomic mass is 32.2. The van der Waals surface area contributed by atoms with Gasteiger partial charge in [0.1, 0.15) is 5.75 Å². The van der Waals surface area contributed by atoms with Crippen LogP contribution in [0.25, 0.3) is 0 Å². The van der Waals surface area contributed by atoms with E-state index in [1.165, 1.54) is 6.26 Å². The van der Waals surface area contributed by atoms with Crippen LogP contribution in [-0.4, -0.2) is 27.0 Å². The predicted octanol–water partition coefficient (Wildman–Crippen LogP) is 1.44. The maximum absolute atomic E-state index is 11.4. The molecule has 0 radical (unpaired) electrons. The van der Waals surface area contributed by atoms with Gasteiger partial charge >= 0.3 is 0 Å². The Hall–Kier alpha value is -1.07. The van der Waals surface area contributed by atoms with E-state index in [0.717, 1.165) is 16.9 Å². The van der Waals surface area contributed by atoms with Crippen molar-refractivity contribution in [2.75, 3.05) is 13.4 Å². The first-order chi connectivity index (χ1) is 7.77. The maximum atomic E-state index is 11.4. The van der Waals surface area contributed by atoms with Gasteiger partial charge < -0.3 is 10.5 Å². The summed E-state index contributed by atoms with van der Waals surface area (Å²) in [5, 5.41) is -0.602. The molecule has 0 spiro atoms. The molecule has 0 amide bonds. The highest BCUT2D eigenvalue weighted by Crippen LogP contribution is 2.25. The summed E-state index contributed by atoms with van der Waals surface area (Å²) >= 11 is 0. The minimum absolute atomic E-state index is 0.519. The fourth-order valence-corrected chi connectivity index (χ4v) is 2.34. The molecule has 2 atom stereocenters. The summed E-state index contributed by atoms with van der Waals surface area (Å²) in [5.41, 5.74) is 7.72. The van der Waals surface area contributed by atoms with Crippen LogP contribution in [0.3, 0.4) is 0 Å². The number of ether oxygens (including phenoxy) is 1. The standard InChI is InChI=1S/C12H19NO3S/c1-8-7-10(5-6-11(8)16-3)12(13)9(2)17(4,14)15/h5-7,9,12H,13H2,1-4H3. The van der Waals surface area contributed by atoms with Crippen LogP contribution in [0, 0.1) is 6.92 Å². The van der Waals surface area contributed by atoms with Gasteiger partial charge in [-0.1, -0.05) is 12.1 Å². The molecule has 2 unspecified atom stereocenters. The molecule has 0 aliphatic carbocycles. The summed E-state index contributed by atoms with van der Waals surface area (Å²) in [6, 6.07) is 4.96. The zero-order chi connectivity index (χ0) is 13.2. The second kappa shape index (κ2) is 5.06. The van der Waals surface area contributed by atoms with Crippen LogP contribution in [0.5, 0.6) is 5.75 Å². The summed E-state index contributed by atoms with van der Waals surface area (Å²) in [6.45, 7) is 3.53. The molecule has 1 aromatic rings. The second-order valence-corrected chi connectivity index (χ2v) is 6.69. The summed E-state index contributed by atoms with van der Waals surface area (Å²) in [7, 11) is -1.54. The van der Waals surface area contributed by atoms with Gasteiger partial charge in [0.2, 0.25) is 0 Å². The van der Waals surface area contributed by atoms with Gasteiger partial charge in [-0.05, 0) is 31.0 Å². The molecule has 5 heteroatoms. The number of hydrogen-bond acceptors (Lipinski definition) is 4. The average Bonchev–Trinajstić information content (AvgIpc) is 2.25. The number of sulfone groups is 1. The van der Waals surface area contributed by atoms with Crippen LogP contribution in [0.1, 0.15) is 24.1 Å². The molecular formula is C12H19NO3S. The number of nitrogens with two attached hydrogens (primary N) is 1. The minimum Gasteiger partial charge on any atom is -0.496 e. The van der Waals surface area contributed by atoms with Crippen LogP contribution >= 0.6 is 0 Å². The SMILES string of the molecule is COc1ccc(C(N)C(C)S(C)(=O)=O)cc1C. The Bertz CT molecular complexity index is 496. The molecule has 0 aliphatic heterocycles. The van der Waals surface area contributed by atoms with E-state index in [4.69, 9.17) is 10.5 Å². The van der Waals surface area contributed by atoms with E-state index in [1.54, 1.807) is 26.2 Å². The van der Waals surface area contributed by atoms with Crippen LogP contribution in [-0.2, 0) is 9.84 Å². The van der Waals surface area contributed by atoms with Crippen molar-refractivity contribution in [3.8, 4) is 5.75 Å². The molecule has 1 aromatic carbocycles. The molecule has 0 heterocycles. The van der Waals surface area contributed by atoms with E-state index < -0.39 is 21.1 Å². The second-order valence-electron chi connectivity index (χ2n) is 4.29. The minimum atomic E-state index is -3.13. The first kappa shape index (κ1) is 14.0. The lowest BCUT2D eigenvalue weighted by Gasteiger charge is -2.19. The number of methoxy groups -OCH3 is 1. The van der Waals surface area contributed by atoms with Gasteiger partial charge in [-0.3, -0.25) is 0 Å². The van der Waals surface area contributed by atoms with Crippen molar-refractivity contribution in [1.29, 1.82) is 0 Å². The Labute approximate surface area is 103 Å². The molecule has 0 fully saturated rings. The smallest absolute Gasteiger partial charge is 0.151 e. The summed E-state index contributed by atoms with van der Waals surface area (Å²) in [4.78, 5) is 0. The van der Waals surface area contributed by atoms with Crippen LogP contribution < -0.4 is 10.5 Å². The average molecular weight is 257 g/mol. The van der Waals surface area contributed by atoms with Crippen molar-refractivity contribution in [3.63, 3.8) is 0 Å². The third kappa shape index (κ3) is 3.20. The largest absolute Gasteiger partial charge is 0.496 e. The Kier molecular flexibility index (Phi) is 4.16. The number of hydrogen-bond donors (Lipinski definition) is 1. The van der Waals surface area contributed by atoms with Gasteiger partial charge in [0.05, 0.1) is 12.4 Å². The summed E-state index contributed by atoms with van der Waals surface area (Å²) < 4.78 is 28.0. The molecule has 0 aromatic heterocycles. The molecule has 0 bridgehead atoms. The zero-order valence-electron chi connectivity index (χ0n) is 10.6. The lowest BCUT2D eigenvalue weighted by Crippen LogP contribution is -2.30. The van der Waals surface area contributed by atoms with Crippen molar-refractivity contribution in [2.45, 2.75) is 25.1 Å². The van der Waals surface area contributed by atoms with Crippen molar-refractivity contribution in [1.82, 2.24) is 0 Å². The Balaban J connectivity index is 3.05. The maximum Gasteiger partial charge on any atom is 0.151 e.